The lowest BCUT2D eigenvalue weighted by atomic mass is 10.2. The minimum Gasteiger partial charge on any atom is -0.465 e. The second-order valence-corrected chi connectivity index (χ2v) is 5.94. The number of esters is 1. The number of methoxy groups -OCH3 is 1. The molecule has 0 atom stereocenters. The van der Waals surface area contributed by atoms with E-state index in [0.29, 0.717) is 16.3 Å². The van der Waals surface area contributed by atoms with Crippen molar-refractivity contribution in [2.75, 3.05) is 30.4 Å². The van der Waals surface area contributed by atoms with E-state index in [1.165, 1.54) is 18.7 Å². The maximum atomic E-state index is 12.4. The molecule has 0 spiro atoms. The number of benzene rings is 2. The molecule has 3 rings (SSSR count). The van der Waals surface area contributed by atoms with E-state index >= 15 is 0 Å². The van der Waals surface area contributed by atoms with Crippen LogP contribution < -0.4 is 10.2 Å². The highest BCUT2D eigenvalue weighted by atomic mass is 35.5. The third kappa shape index (κ3) is 3.36. The van der Waals surface area contributed by atoms with Crippen LogP contribution in [0.1, 0.15) is 15.9 Å². The summed E-state index contributed by atoms with van der Waals surface area (Å²) in [6.07, 6.45) is 0.933. The Balaban J connectivity index is 1.71. The van der Waals surface area contributed by atoms with Gasteiger partial charge >= 0.3 is 5.97 Å². The number of para-hydroxylation sites is 1. The van der Waals surface area contributed by atoms with Crippen LogP contribution in [0.5, 0.6) is 0 Å². The lowest BCUT2D eigenvalue weighted by Crippen LogP contribution is -2.32. The Hall–Kier alpha value is -2.53. The van der Waals surface area contributed by atoms with Gasteiger partial charge in [-0.25, -0.2) is 4.79 Å². The molecule has 124 valence electrons. The zero-order valence-corrected chi connectivity index (χ0v) is 14.0. The van der Waals surface area contributed by atoms with Gasteiger partial charge in [0.2, 0.25) is 5.91 Å². The minimum absolute atomic E-state index is 0.185. The number of hydrogen-bond acceptors (Lipinski definition) is 4. The number of halogens is 1. The van der Waals surface area contributed by atoms with Gasteiger partial charge in [-0.05, 0) is 36.2 Å². The molecule has 24 heavy (non-hydrogen) atoms. The maximum absolute atomic E-state index is 12.4. The lowest BCUT2D eigenvalue weighted by molar-refractivity contribution is -0.115. The first-order valence-electron chi connectivity index (χ1n) is 7.59. The van der Waals surface area contributed by atoms with Gasteiger partial charge in [0.05, 0.1) is 29.9 Å². The van der Waals surface area contributed by atoms with Gasteiger partial charge in [-0.2, -0.15) is 0 Å². The molecule has 0 radical (unpaired) electrons. The molecule has 0 aliphatic carbocycles. The predicted molar refractivity (Wildman–Crippen MR) is 93.8 cm³/mol. The van der Waals surface area contributed by atoms with Crippen LogP contribution in [0.3, 0.4) is 0 Å². The fourth-order valence-electron chi connectivity index (χ4n) is 2.80. The van der Waals surface area contributed by atoms with Gasteiger partial charge in [-0.1, -0.05) is 29.8 Å². The zero-order valence-electron chi connectivity index (χ0n) is 13.2. The fraction of sp³-hybridized carbons (Fsp3) is 0.222. The molecular formula is C18H17ClN2O3. The van der Waals surface area contributed by atoms with E-state index in [1.54, 1.807) is 12.1 Å². The molecule has 2 aromatic carbocycles. The third-order valence-corrected chi connectivity index (χ3v) is 4.31. The van der Waals surface area contributed by atoms with Crippen molar-refractivity contribution in [3.05, 3.63) is 58.6 Å². The van der Waals surface area contributed by atoms with Crippen molar-refractivity contribution in [2.24, 2.45) is 0 Å². The van der Waals surface area contributed by atoms with Crippen molar-refractivity contribution < 1.29 is 14.3 Å². The predicted octanol–water partition coefficient (Wildman–Crippen LogP) is 3.13. The summed E-state index contributed by atoms with van der Waals surface area (Å²) < 4.78 is 4.68. The Labute approximate surface area is 145 Å². The van der Waals surface area contributed by atoms with Gasteiger partial charge in [0.1, 0.15) is 0 Å². The molecule has 1 N–H and O–H groups in total. The number of fused-ring (bicyclic) bond motifs is 1. The molecule has 6 heteroatoms. The molecule has 0 fully saturated rings. The highest BCUT2D eigenvalue weighted by molar-refractivity contribution is 6.33. The molecule has 1 aliphatic heterocycles. The highest BCUT2D eigenvalue weighted by Gasteiger charge is 2.21. The highest BCUT2D eigenvalue weighted by Crippen LogP contribution is 2.28. The van der Waals surface area contributed by atoms with Crippen molar-refractivity contribution in [2.45, 2.75) is 6.42 Å². The van der Waals surface area contributed by atoms with Crippen molar-refractivity contribution in [1.29, 1.82) is 0 Å². The van der Waals surface area contributed by atoms with Crippen LogP contribution in [-0.2, 0) is 16.0 Å². The van der Waals surface area contributed by atoms with Crippen LogP contribution in [0, 0.1) is 0 Å². The number of ether oxygens (including phenoxy) is 1. The van der Waals surface area contributed by atoms with Crippen LogP contribution >= 0.6 is 11.6 Å². The molecule has 5 nitrogen and oxygen atoms in total. The number of rotatable bonds is 4. The Morgan fingerprint density at radius 3 is 2.83 bits per heavy atom. The standard InChI is InChI=1S/C18H17ClN2O3/c1-24-18(23)13-6-7-14(19)15(10-13)20-17(22)11-21-9-8-12-4-2-3-5-16(12)21/h2-7,10H,8-9,11H2,1H3,(H,20,22). The van der Waals surface area contributed by atoms with Gasteiger partial charge < -0.3 is 15.0 Å². The quantitative estimate of drug-likeness (QED) is 0.866. The largest absolute Gasteiger partial charge is 0.465 e. The van der Waals surface area contributed by atoms with Crippen LogP contribution in [0.2, 0.25) is 5.02 Å². The number of anilines is 2. The molecule has 0 aromatic heterocycles. The number of hydrogen-bond donors (Lipinski definition) is 1. The zero-order chi connectivity index (χ0) is 17.1. The van der Waals surface area contributed by atoms with Crippen LogP contribution in [0.15, 0.2) is 42.5 Å². The third-order valence-electron chi connectivity index (χ3n) is 3.98. The molecule has 2 aromatic rings. The number of nitrogens with zero attached hydrogens (tertiary/aromatic N) is 1. The van der Waals surface area contributed by atoms with E-state index in [2.05, 4.69) is 16.1 Å². The van der Waals surface area contributed by atoms with Gasteiger partial charge in [0.25, 0.3) is 0 Å². The fourth-order valence-corrected chi connectivity index (χ4v) is 2.96. The molecule has 0 bridgehead atoms. The molecule has 0 saturated heterocycles. The van der Waals surface area contributed by atoms with Crippen molar-refractivity contribution in [1.82, 2.24) is 0 Å². The minimum atomic E-state index is -0.476. The lowest BCUT2D eigenvalue weighted by Gasteiger charge is -2.19. The average Bonchev–Trinajstić information content (AvgIpc) is 2.99. The van der Waals surface area contributed by atoms with Gasteiger partial charge in [0, 0.05) is 12.2 Å². The summed E-state index contributed by atoms with van der Waals surface area (Å²) in [5.41, 5.74) is 3.07. The van der Waals surface area contributed by atoms with Crippen LogP contribution in [0.4, 0.5) is 11.4 Å². The SMILES string of the molecule is COC(=O)c1ccc(Cl)c(NC(=O)CN2CCc3ccccc32)c1. The number of nitrogens with one attached hydrogen (secondary N) is 1. The molecular weight excluding hydrogens is 328 g/mol. The number of carbonyl (C=O) groups is 2. The van der Waals surface area contributed by atoms with E-state index in [4.69, 9.17) is 11.6 Å². The Morgan fingerprint density at radius 1 is 1.25 bits per heavy atom. The van der Waals surface area contributed by atoms with Crippen molar-refractivity contribution in [3.8, 4) is 0 Å². The monoisotopic (exact) mass is 344 g/mol. The van der Waals surface area contributed by atoms with E-state index < -0.39 is 5.97 Å². The first-order valence-corrected chi connectivity index (χ1v) is 7.97. The van der Waals surface area contributed by atoms with Crippen molar-refractivity contribution >= 4 is 34.9 Å². The molecule has 1 heterocycles. The van der Waals surface area contributed by atoms with E-state index in [1.807, 2.05) is 23.1 Å². The average molecular weight is 345 g/mol. The molecule has 1 amide bonds. The maximum Gasteiger partial charge on any atom is 0.337 e. The Morgan fingerprint density at radius 2 is 2.04 bits per heavy atom. The van der Waals surface area contributed by atoms with Crippen molar-refractivity contribution in [3.63, 3.8) is 0 Å². The first kappa shape index (κ1) is 16.3. The molecule has 0 unspecified atom stereocenters. The summed E-state index contributed by atoms with van der Waals surface area (Å²) in [5, 5.41) is 3.14. The summed E-state index contributed by atoms with van der Waals surface area (Å²) in [4.78, 5) is 26.0. The van der Waals surface area contributed by atoms with Gasteiger partial charge in [-0.3, -0.25) is 4.79 Å². The van der Waals surface area contributed by atoms with Crippen LogP contribution in [0.25, 0.3) is 0 Å². The van der Waals surface area contributed by atoms with Gasteiger partial charge in [0.15, 0.2) is 0 Å². The molecule has 1 aliphatic rings. The van der Waals surface area contributed by atoms with E-state index in [0.717, 1.165) is 18.7 Å². The smallest absolute Gasteiger partial charge is 0.337 e. The number of amides is 1. The second kappa shape index (κ2) is 6.93. The van der Waals surface area contributed by atoms with Gasteiger partial charge in [-0.15, -0.1) is 0 Å². The first-order chi connectivity index (χ1) is 11.6. The Kier molecular flexibility index (Phi) is 4.71. The molecule has 0 saturated carbocycles. The summed E-state index contributed by atoms with van der Waals surface area (Å²) in [6.45, 7) is 1.04. The Bertz CT molecular complexity index is 792. The van der Waals surface area contributed by atoms with E-state index in [-0.39, 0.29) is 12.5 Å². The normalized spacial score (nSPS) is 12.7. The summed E-state index contributed by atoms with van der Waals surface area (Å²) >= 11 is 6.11. The number of carbonyl (C=O) groups excluding carboxylic acids is 2. The summed E-state index contributed by atoms with van der Waals surface area (Å²) in [7, 11) is 1.31. The van der Waals surface area contributed by atoms with E-state index in [9.17, 15) is 9.59 Å². The second-order valence-electron chi connectivity index (χ2n) is 5.53. The summed E-state index contributed by atoms with van der Waals surface area (Å²) in [5.74, 6) is -0.661. The topological polar surface area (TPSA) is 58.6 Å². The summed E-state index contributed by atoms with van der Waals surface area (Å²) in [6, 6.07) is 12.7. The van der Waals surface area contributed by atoms with Crippen LogP contribution in [-0.4, -0.2) is 32.1 Å².